The van der Waals surface area contributed by atoms with Gasteiger partial charge in [-0.25, -0.2) is 0 Å². The lowest BCUT2D eigenvalue weighted by Crippen LogP contribution is -2.08. The average Bonchev–Trinajstić information content (AvgIpc) is 2.26. The number of ketones is 1. The van der Waals surface area contributed by atoms with Gasteiger partial charge in [0.1, 0.15) is 5.78 Å². The van der Waals surface area contributed by atoms with Gasteiger partial charge in [0.05, 0.1) is 0 Å². The molecule has 0 aliphatic rings. The molecule has 1 atom stereocenters. The van der Waals surface area contributed by atoms with Gasteiger partial charge in [0, 0.05) is 22.4 Å². The molecular weight excluding hydrogens is 124 g/mol. The Morgan fingerprint density at radius 3 is 3.00 bits per heavy atom. The molecule has 0 radical (unpaired) electrons. The summed E-state index contributed by atoms with van der Waals surface area (Å²) in [4.78, 5) is 11.7. The van der Waals surface area contributed by atoms with Gasteiger partial charge in [-0.3, -0.25) is 4.79 Å². The molecule has 0 aliphatic carbocycles. The minimum Gasteiger partial charge on any atom is -0.300 e. The molecule has 0 saturated heterocycles. The summed E-state index contributed by atoms with van der Waals surface area (Å²) in [5.41, 5.74) is 0. The second-order valence-electron chi connectivity index (χ2n) is 1.62. The Bertz CT molecular complexity index is 415. The predicted molar refractivity (Wildman–Crippen MR) is 44.0 cm³/mol. The largest absolute Gasteiger partial charge is 0.300 e. The standard InChI is InChI=1S/C9H18O/c1-4-6-7-9(5-2)8(3)10/h9H,4-7H2,1-3H3/i1D2,2D2,4D2,5D2,6D2,7D2. The minimum atomic E-state index is -3.58. The molecule has 0 saturated carbocycles. The predicted octanol–water partition coefficient (Wildman–Crippen LogP) is 2.79. The molecule has 0 aliphatic heterocycles. The smallest absolute Gasteiger partial charge is 0.132 e. The van der Waals surface area contributed by atoms with Crippen molar-refractivity contribution in [3.63, 3.8) is 0 Å². The molecule has 0 rings (SSSR count). The Labute approximate surface area is 80.7 Å². The van der Waals surface area contributed by atoms with E-state index >= 15 is 0 Å². The fourth-order valence-electron chi connectivity index (χ4n) is 0.374. The van der Waals surface area contributed by atoms with E-state index in [4.69, 9.17) is 16.4 Å². The van der Waals surface area contributed by atoms with Crippen LogP contribution in [-0.2, 0) is 4.79 Å². The number of carbonyl (C=O) groups excluding carboxylic acids is 1. The number of carbonyl (C=O) groups is 1. The Kier molecular flexibility index (Phi) is 0.928. The number of rotatable bonds is 5. The van der Waals surface area contributed by atoms with E-state index < -0.39 is 50.9 Å². The van der Waals surface area contributed by atoms with E-state index in [0.717, 1.165) is 6.92 Å². The first-order valence-electron chi connectivity index (χ1n) is 8.96. The van der Waals surface area contributed by atoms with E-state index in [2.05, 4.69) is 0 Å². The van der Waals surface area contributed by atoms with E-state index in [1.807, 2.05) is 0 Å². The van der Waals surface area contributed by atoms with Gasteiger partial charge in [0.25, 0.3) is 0 Å². The highest BCUT2D eigenvalue weighted by Crippen LogP contribution is 2.12. The van der Waals surface area contributed by atoms with Gasteiger partial charge in [0.2, 0.25) is 0 Å². The molecule has 60 valence electrons. The van der Waals surface area contributed by atoms with Crippen LogP contribution < -0.4 is 0 Å². The molecule has 0 N–H and O–H groups in total. The van der Waals surface area contributed by atoms with Crippen molar-refractivity contribution in [1.82, 2.24) is 0 Å². The Morgan fingerprint density at radius 2 is 2.50 bits per heavy atom. The van der Waals surface area contributed by atoms with Crippen molar-refractivity contribution in [2.75, 3.05) is 0 Å². The first kappa shape index (κ1) is 1.70. The summed E-state index contributed by atoms with van der Waals surface area (Å²) in [5, 5.41) is 0. The Hall–Kier alpha value is -0.330. The lowest BCUT2D eigenvalue weighted by molar-refractivity contribution is -0.121. The molecule has 0 aromatic heterocycles. The summed E-state index contributed by atoms with van der Waals surface area (Å²) in [6.07, 6.45) is -13.5. The van der Waals surface area contributed by atoms with Crippen LogP contribution in [0.2, 0.25) is 0 Å². The molecule has 1 nitrogen and oxygen atoms in total. The summed E-state index contributed by atoms with van der Waals surface area (Å²) < 4.78 is 89.1. The normalized spacial score (nSPS) is 37.1. The minimum absolute atomic E-state index is 0.757. The zero-order valence-corrected chi connectivity index (χ0v) is 5.64. The lowest BCUT2D eigenvalue weighted by Gasteiger charge is -2.08. The van der Waals surface area contributed by atoms with Crippen molar-refractivity contribution in [1.29, 1.82) is 0 Å². The van der Waals surface area contributed by atoms with Crippen LogP contribution in [0.15, 0.2) is 0 Å². The molecule has 0 aromatic carbocycles. The highest BCUT2D eigenvalue weighted by Gasteiger charge is 2.09. The van der Waals surface area contributed by atoms with Gasteiger partial charge in [-0.05, 0) is 19.7 Å². The molecule has 1 heteroatoms. The summed E-state index contributed by atoms with van der Waals surface area (Å²) in [7, 11) is 0. The van der Waals surface area contributed by atoms with E-state index in [1.165, 1.54) is 0 Å². The van der Waals surface area contributed by atoms with E-state index in [9.17, 15) is 4.79 Å². The van der Waals surface area contributed by atoms with E-state index in [0.29, 0.717) is 0 Å². The lowest BCUT2D eigenvalue weighted by atomic mass is 9.96. The Morgan fingerprint density at radius 1 is 1.70 bits per heavy atom. The molecular formula is C9H18O. The molecule has 0 heterocycles. The zero-order valence-electron chi connectivity index (χ0n) is 17.6. The zero-order chi connectivity index (χ0) is 18.3. The van der Waals surface area contributed by atoms with Crippen molar-refractivity contribution in [2.45, 2.75) is 46.2 Å². The monoisotopic (exact) mass is 154 g/mol. The summed E-state index contributed by atoms with van der Waals surface area (Å²) in [6.45, 7) is -3.99. The quantitative estimate of drug-likeness (QED) is 0.595. The van der Waals surface area contributed by atoms with Gasteiger partial charge < -0.3 is 0 Å². The second-order valence-corrected chi connectivity index (χ2v) is 1.62. The molecule has 0 bridgehead atoms. The van der Waals surface area contributed by atoms with Crippen LogP contribution in [0.5, 0.6) is 0 Å². The van der Waals surface area contributed by atoms with Crippen LogP contribution >= 0.6 is 0 Å². The number of hydrogen-bond acceptors (Lipinski definition) is 1. The molecule has 0 fully saturated rings. The third-order valence-corrected chi connectivity index (χ3v) is 0.862. The van der Waals surface area contributed by atoms with Crippen LogP contribution in [0.4, 0.5) is 0 Å². The van der Waals surface area contributed by atoms with Gasteiger partial charge in [-0.15, -0.1) is 0 Å². The van der Waals surface area contributed by atoms with Gasteiger partial charge >= 0.3 is 0 Å². The van der Waals surface area contributed by atoms with Crippen molar-refractivity contribution >= 4 is 5.78 Å². The highest BCUT2D eigenvalue weighted by atomic mass is 16.1. The van der Waals surface area contributed by atoms with Crippen molar-refractivity contribution in [2.24, 2.45) is 5.92 Å². The van der Waals surface area contributed by atoms with Crippen LogP contribution in [0.1, 0.15) is 62.6 Å². The molecule has 0 spiro atoms. The van der Waals surface area contributed by atoms with Crippen molar-refractivity contribution in [3.05, 3.63) is 0 Å². The summed E-state index contributed by atoms with van der Waals surface area (Å²) in [5.74, 6) is -3.63. The van der Waals surface area contributed by atoms with Crippen molar-refractivity contribution < 1.29 is 21.2 Å². The SMILES string of the molecule is [2H]C([2H])C([2H])([2H])C(C(C)=O)C([2H])([2H])C([2H])([2H])C([2H])([2H])C([2H])[2H]. The van der Waals surface area contributed by atoms with Gasteiger partial charge in [0.15, 0.2) is 0 Å². The maximum Gasteiger partial charge on any atom is 0.132 e. The third-order valence-electron chi connectivity index (χ3n) is 0.862. The summed E-state index contributed by atoms with van der Waals surface area (Å²) >= 11 is 0. The highest BCUT2D eigenvalue weighted by molar-refractivity contribution is 5.78. The average molecular weight is 154 g/mol. The van der Waals surface area contributed by atoms with E-state index in [1.54, 1.807) is 0 Å². The number of hydrogen-bond donors (Lipinski definition) is 0. The summed E-state index contributed by atoms with van der Waals surface area (Å²) in [6, 6.07) is 0. The maximum absolute atomic E-state index is 11.7. The van der Waals surface area contributed by atoms with Crippen LogP contribution in [0.25, 0.3) is 0 Å². The molecule has 0 aromatic rings. The fraction of sp³-hybridized carbons (Fsp3) is 0.889. The molecule has 1 unspecified atom stereocenters. The maximum atomic E-state index is 11.7. The molecule has 10 heavy (non-hydrogen) atoms. The van der Waals surface area contributed by atoms with Crippen LogP contribution in [-0.4, -0.2) is 5.78 Å². The van der Waals surface area contributed by atoms with E-state index in [-0.39, 0.29) is 0 Å². The first-order chi connectivity index (χ1) is 9.45. The van der Waals surface area contributed by atoms with Crippen LogP contribution in [0, 0.1) is 5.92 Å². The third kappa shape index (κ3) is 3.65. The van der Waals surface area contributed by atoms with Crippen LogP contribution in [0.3, 0.4) is 0 Å². The van der Waals surface area contributed by atoms with Crippen molar-refractivity contribution in [3.8, 4) is 0 Å². The Balaban J connectivity index is 6.20. The van der Waals surface area contributed by atoms with Gasteiger partial charge in [-0.1, -0.05) is 26.5 Å². The second kappa shape index (κ2) is 5.45. The first-order valence-corrected chi connectivity index (χ1v) is 2.65. The fourth-order valence-corrected chi connectivity index (χ4v) is 0.374. The topological polar surface area (TPSA) is 17.1 Å². The van der Waals surface area contributed by atoms with Gasteiger partial charge in [-0.2, -0.15) is 0 Å². The number of Topliss-reactive ketones (excluding diaryl/α,β-unsaturated/α-hetero) is 1. The molecule has 0 amide bonds.